The van der Waals surface area contributed by atoms with Gasteiger partial charge in [-0.1, -0.05) is 78.9 Å². The Hall–Kier alpha value is -3.60. The van der Waals surface area contributed by atoms with Crippen LogP contribution in [0.5, 0.6) is 5.75 Å². The summed E-state index contributed by atoms with van der Waals surface area (Å²) in [6.45, 7) is 0. The lowest BCUT2D eigenvalue weighted by atomic mass is 9.90. The molecule has 1 amide bonds. The van der Waals surface area contributed by atoms with E-state index in [0.29, 0.717) is 5.56 Å². The first-order chi connectivity index (χ1) is 13.6. The van der Waals surface area contributed by atoms with Gasteiger partial charge in [0.05, 0.1) is 5.92 Å². The number of aliphatic carboxylic acids is 1. The molecule has 0 bridgehead atoms. The number of amides is 1. The fourth-order valence-corrected chi connectivity index (χ4v) is 3.14. The second kappa shape index (κ2) is 8.86. The molecule has 0 spiro atoms. The van der Waals surface area contributed by atoms with Crippen molar-refractivity contribution in [3.8, 4) is 5.75 Å². The second-order valence-corrected chi connectivity index (χ2v) is 6.49. The number of para-hydroxylation sites is 1. The highest BCUT2D eigenvalue weighted by atomic mass is 16.4. The number of benzene rings is 3. The fraction of sp³-hybridized carbons (Fsp3) is 0.130. The molecule has 0 aliphatic heterocycles. The van der Waals surface area contributed by atoms with Crippen LogP contribution in [-0.2, 0) is 16.0 Å². The number of hydrogen-bond acceptors (Lipinski definition) is 3. The normalized spacial score (nSPS) is 11.8. The Morgan fingerprint density at radius 1 is 0.786 bits per heavy atom. The molecule has 0 aliphatic rings. The standard InChI is InChI=1S/C23H21NO4/c25-20-14-8-7-13-18(20)15-19(23(27)28)24-22(26)21(16-9-3-1-4-10-16)17-11-5-2-6-12-17/h1-14,19,21,25H,15H2,(H,24,26)(H,27,28). The Balaban J connectivity index is 1.87. The minimum atomic E-state index is -1.16. The van der Waals surface area contributed by atoms with Gasteiger partial charge in [0.2, 0.25) is 5.91 Å². The zero-order chi connectivity index (χ0) is 19.9. The molecule has 0 saturated heterocycles. The summed E-state index contributed by atoms with van der Waals surface area (Å²) in [6, 6.07) is 23.8. The minimum absolute atomic E-state index is 0.00525. The summed E-state index contributed by atoms with van der Waals surface area (Å²) in [7, 11) is 0. The number of nitrogens with one attached hydrogen (secondary N) is 1. The van der Waals surface area contributed by atoms with E-state index in [0.717, 1.165) is 11.1 Å². The van der Waals surface area contributed by atoms with Crippen LogP contribution in [0.1, 0.15) is 22.6 Å². The minimum Gasteiger partial charge on any atom is -0.508 e. The van der Waals surface area contributed by atoms with Crippen LogP contribution in [0.4, 0.5) is 0 Å². The summed E-state index contributed by atoms with van der Waals surface area (Å²) in [5.74, 6) is -2.18. The topological polar surface area (TPSA) is 86.6 Å². The van der Waals surface area contributed by atoms with Crippen LogP contribution in [-0.4, -0.2) is 28.1 Å². The van der Waals surface area contributed by atoms with Crippen molar-refractivity contribution >= 4 is 11.9 Å². The third kappa shape index (κ3) is 4.57. The number of carboxylic acids is 1. The SMILES string of the molecule is O=C(O)C(Cc1ccccc1O)NC(=O)C(c1ccccc1)c1ccccc1. The first-order valence-electron chi connectivity index (χ1n) is 8.96. The van der Waals surface area contributed by atoms with Crippen molar-refractivity contribution < 1.29 is 19.8 Å². The van der Waals surface area contributed by atoms with Gasteiger partial charge in [0, 0.05) is 6.42 Å². The number of phenols is 1. The molecule has 5 heteroatoms. The van der Waals surface area contributed by atoms with Crippen LogP contribution < -0.4 is 5.32 Å². The molecule has 0 aromatic heterocycles. The number of carbonyl (C=O) groups is 2. The van der Waals surface area contributed by atoms with E-state index in [9.17, 15) is 19.8 Å². The maximum absolute atomic E-state index is 13.1. The predicted molar refractivity (Wildman–Crippen MR) is 106 cm³/mol. The van der Waals surface area contributed by atoms with Crippen molar-refractivity contribution in [1.82, 2.24) is 5.32 Å². The van der Waals surface area contributed by atoms with Crippen LogP contribution in [0.15, 0.2) is 84.9 Å². The molecule has 1 unspecified atom stereocenters. The molecular formula is C23H21NO4. The van der Waals surface area contributed by atoms with Crippen LogP contribution in [0.2, 0.25) is 0 Å². The molecule has 1 atom stereocenters. The number of aromatic hydroxyl groups is 1. The van der Waals surface area contributed by atoms with E-state index in [1.165, 1.54) is 6.07 Å². The molecule has 0 aliphatic carbocycles. The molecule has 3 N–H and O–H groups in total. The van der Waals surface area contributed by atoms with Gasteiger partial charge < -0.3 is 15.5 Å². The average molecular weight is 375 g/mol. The van der Waals surface area contributed by atoms with E-state index in [4.69, 9.17) is 0 Å². The van der Waals surface area contributed by atoms with E-state index in [2.05, 4.69) is 5.32 Å². The van der Waals surface area contributed by atoms with Crippen molar-refractivity contribution in [2.24, 2.45) is 0 Å². The predicted octanol–water partition coefficient (Wildman–Crippen LogP) is 3.34. The molecule has 142 valence electrons. The van der Waals surface area contributed by atoms with Gasteiger partial charge in [-0.2, -0.15) is 0 Å². The van der Waals surface area contributed by atoms with Crippen molar-refractivity contribution in [1.29, 1.82) is 0 Å². The molecule has 3 aromatic rings. The molecule has 0 radical (unpaired) electrons. The third-order valence-electron chi connectivity index (χ3n) is 4.56. The number of carboxylic acid groups (broad SMARTS) is 1. The molecule has 0 fully saturated rings. The summed E-state index contributed by atoms with van der Waals surface area (Å²) < 4.78 is 0. The van der Waals surface area contributed by atoms with Gasteiger partial charge in [0.1, 0.15) is 11.8 Å². The van der Waals surface area contributed by atoms with E-state index in [1.807, 2.05) is 60.7 Å². The van der Waals surface area contributed by atoms with E-state index in [-0.39, 0.29) is 12.2 Å². The zero-order valence-corrected chi connectivity index (χ0v) is 15.2. The maximum atomic E-state index is 13.1. The molecule has 5 nitrogen and oxygen atoms in total. The van der Waals surface area contributed by atoms with E-state index in [1.54, 1.807) is 18.2 Å². The van der Waals surface area contributed by atoms with Gasteiger partial charge in [-0.3, -0.25) is 4.79 Å². The molecule has 0 heterocycles. The third-order valence-corrected chi connectivity index (χ3v) is 4.56. The molecule has 28 heavy (non-hydrogen) atoms. The van der Waals surface area contributed by atoms with Gasteiger partial charge in [-0.25, -0.2) is 4.79 Å². The number of rotatable bonds is 7. The summed E-state index contributed by atoms with van der Waals surface area (Å²) in [5, 5.41) is 22.2. The Kier molecular flexibility index (Phi) is 6.07. The number of hydrogen-bond donors (Lipinski definition) is 3. The Morgan fingerprint density at radius 3 is 1.79 bits per heavy atom. The molecule has 3 rings (SSSR count). The summed E-state index contributed by atoms with van der Waals surface area (Å²) in [5.41, 5.74) is 2.02. The summed E-state index contributed by atoms with van der Waals surface area (Å²) >= 11 is 0. The highest BCUT2D eigenvalue weighted by Crippen LogP contribution is 2.25. The maximum Gasteiger partial charge on any atom is 0.326 e. The molecule has 3 aromatic carbocycles. The van der Waals surface area contributed by atoms with Crippen LogP contribution in [0.3, 0.4) is 0 Å². The first kappa shape index (κ1) is 19.2. The number of phenolic OH excluding ortho intramolecular Hbond substituents is 1. The lowest BCUT2D eigenvalue weighted by Crippen LogP contribution is -2.44. The second-order valence-electron chi connectivity index (χ2n) is 6.49. The smallest absolute Gasteiger partial charge is 0.326 e. The van der Waals surface area contributed by atoms with Crippen LogP contribution in [0.25, 0.3) is 0 Å². The molecular weight excluding hydrogens is 354 g/mol. The Morgan fingerprint density at radius 2 is 1.29 bits per heavy atom. The van der Waals surface area contributed by atoms with Crippen molar-refractivity contribution in [3.05, 3.63) is 102 Å². The highest BCUT2D eigenvalue weighted by Gasteiger charge is 2.28. The van der Waals surface area contributed by atoms with Gasteiger partial charge in [-0.15, -0.1) is 0 Å². The Labute approximate surface area is 163 Å². The fourth-order valence-electron chi connectivity index (χ4n) is 3.14. The summed E-state index contributed by atoms with van der Waals surface area (Å²) in [4.78, 5) is 24.8. The van der Waals surface area contributed by atoms with Crippen molar-refractivity contribution in [2.45, 2.75) is 18.4 Å². The monoisotopic (exact) mass is 375 g/mol. The van der Waals surface area contributed by atoms with Gasteiger partial charge >= 0.3 is 5.97 Å². The highest BCUT2D eigenvalue weighted by molar-refractivity contribution is 5.90. The number of carbonyl (C=O) groups excluding carboxylic acids is 1. The zero-order valence-electron chi connectivity index (χ0n) is 15.2. The van der Waals surface area contributed by atoms with Crippen molar-refractivity contribution in [2.75, 3.05) is 0 Å². The van der Waals surface area contributed by atoms with Crippen LogP contribution >= 0.6 is 0 Å². The van der Waals surface area contributed by atoms with Gasteiger partial charge in [0.25, 0.3) is 0 Å². The average Bonchev–Trinajstić information content (AvgIpc) is 2.71. The largest absolute Gasteiger partial charge is 0.508 e. The molecule has 0 saturated carbocycles. The van der Waals surface area contributed by atoms with Crippen LogP contribution in [0, 0.1) is 0 Å². The Bertz CT molecular complexity index is 902. The van der Waals surface area contributed by atoms with E-state index >= 15 is 0 Å². The van der Waals surface area contributed by atoms with Gasteiger partial charge in [-0.05, 0) is 22.8 Å². The quantitative estimate of drug-likeness (QED) is 0.591. The summed E-state index contributed by atoms with van der Waals surface area (Å²) in [6.07, 6.45) is -0.00987. The van der Waals surface area contributed by atoms with Crippen molar-refractivity contribution in [3.63, 3.8) is 0 Å². The van der Waals surface area contributed by atoms with Gasteiger partial charge in [0.15, 0.2) is 0 Å². The lowest BCUT2D eigenvalue weighted by Gasteiger charge is -2.21. The lowest BCUT2D eigenvalue weighted by molar-refractivity contribution is -0.141. The van der Waals surface area contributed by atoms with E-state index < -0.39 is 23.8 Å². The first-order valence-corrected chi connectivity index (χ1v) is 8.96.